The number of hydrogen-bond acceptors (Lipinski definition) is 2. The highest BCUT2D eigenvalue weighted by atomic mass is 79.9. The Labute approximate surface area is 135 Å². The molecule has 0 heterocycles. The fraction of sp³-hybridized carbons (Fsp3) is 0.0667. The number of rotatable bonds is 3. The molecule has 0 spiro atoms. The van der Waals surface area contributed by atoms with Gasteiger partial charge < -0.3 is 10.6 Å². The second-order valence-electron chi connectivity index (χ2n) is 4.35. The molecule has 108 valence electrons. The zero-order valence-electron chi connectivity index (χ0n) is 11.1. The van der Waals surface area contributed by atoms with Crippen molar-refractivity contribution in [3.05, 3.63) is 57.5 Å². The van der Waals surface area contributed by atoms with E-state index in [9.17, 15) is 9.59 Å². The lowest BCUT2D eigenvalue weighted by molar-refractivity contribution is -0.114. The third kappa shape index (κ3) is 4.31. The van der Waals surface area contributed by atoms with Crippen LogP contribution in [0.5, 0.6) is 0 Å². The van der Waals surface area contributed by atoms with E-state index < -0.39 is 0 Å². The molecular weight excluding hydrogens is 356 g/mol. The van der Waals surface area contributed by atoms with Crippen molar-refractivity contribution in [3.63, 3.8) is 0 Å². The highest BCUT2D eigenvalue weighted by molar-refractivity contribution is 9.10. The van der Waals surface area contributed by atoms with E-state index in [4.69, 9.17) is 11.6 Å². The quantitative estimate of drug-likeness (QED) is 0.849. The van der Waals surface area contributed by atoms with Crippen molar-refractivity contribution in [1.29, 1.82) is 0 Å². The van der Waals surface area contributed by atoms with Crippen LogP contribution in [-0.2, 0) is 4.79 Å². The maximum absolute atomic E-state index is 12.1. The summed E-state index contributed by atoms with van der Waals surface area (Å²) >= 11 is 9.18. The van der Waals surface area contributed by atoms with Gasteiger partial charge >= 0.3 is 0 Å². The van der Waals surface area contributed by atoms with Crippen LogP contribution >= 0.6 is 27.5 Å². The number of benzene rings is 2. The van der Waals surface area contributed by atoms with Gasteiger partial charge in [0, 0.05) is 28.3 Å². The topological polar surface area (TPSA) is 58.2 Å². The molecule has 2 N–H and O–H groups in total. The van der Waals surface area contributed by atoms with E-state index in [1.54, 1.807) is 42.5 Å². The van der Waals surface area contributed by atoms with Gasteiger partial charge in [0.25, 0.3) is 5.91 Å². The van der Waals surface area contributed by atoms with Crippen molar-refractivity contribution in [2.75, 3.05) is 10.6 Å². The van der Waals surface area contributed by atoms with Crippen LogP contribution in [0, 0.1) is 0 Å². The fourth-order valence-corrected chi connectivity index (χ4v) is 2.21. The van der Waals surface area contributed by atoms with Gasteiger partial charge in [-0.3, -0.25) is 9.59 Å². The number of carbonyl (C=O) groups is 2. The minimum absolute atomic E-state index is 0.167. The highest BCUT2D eigenvalue weighted by Crippen LogP contribution is 2.24. The highest BCUT2D eigenvalue weighted by Gasteiger charge is 2.08. The maximum atomic E-state index is 12.1. The van der Waals surface area contributed by atoms with Crippen LogP contribution in [0.1, 0.15) is 17.3 Å². The second-order valence-corrected chi connectivity index (χ2v) is 5.61. The number of carbonyl (C=O) groups excluding carboxylic acids is 2. The van der Waals surface area contributed by atoms with Crippen LogP contribution in [0.4, 0.5) is 11.4 Å². The molecule has 0 aromatic heterocycles. The first-order chi connectivity index (χ1) is 9.95. The minimum atomic E-state index is -0.257. The maximum Gasteiger partial charge on any atom is 0.255 e. The first-order valence-corrected chi connectivity index (χ1v) is 7.27. The van der Waals surface area contributed by atoms with Crippen LogP contribution in [-0.4, -0.2) is 11.8 Å². The molecule has 0 saturated carbocycles. The predicted octanol–water partition coefficient (Wildman–Crippen LogP) is 4.31. The molecule has 0 atom stereocenters. The van der Waals surface area contributed by atoms with Crippen molar-refractivity contribution < 1.29 is 9.59 Å². The van der Waals surface area contributed by atoms with Crippen molar-refractivity contribution in [1.82, 2.24) is 0 Å². The van der Waals surface area contributed by atoms with Crippen molar-refractivity contribution in [2.24, 2.45) is 0 Å². The second kappa shape index (κ2) is 6.74. The third-order valence-corrected chi connectivity index (χ3v) is 3.84. The Morgan fingerprint density at radius 2 is 1.71 bits per heavy atom. The third-order valence-electron chi connectivity index (χ3n) is 2.62. The molecule has 0 aliphatic heterocycles. The number of amides is 2. The number of halogens is 2. The summed E-state index contributed by atoms with van der Waals surface area (Å²) < 4.78 is 0.656. The Kier molecular flexibility index (Phi) is 4.98. The first-order valence-electron chi connectivity index (χ1n) is 6.10. The van der Waals surface area contributed by atoms with Gasteiger partial charge in [0.2, 0.25) is 5.91 Å². The van der Waals surface area contributed by atoms with E-state index in [1.807, 2.05) is 0 Å². The molecule has 21 heavy (non-hydrogen) atoms. The lowest BCUT2D eigenvalue weighted by Crippen LogP contribution is -2.12. The number of anilines is 2. The van der Waals surface area contributed by atoms with Gasteiger partial charge in [-0.1, -0.05) is 17.7 Å². The monoisotopic (exact) mass is 366 g/mol. The average molecular weight is 368 g/mol. The van der Waals surface area contributed by atoms with Gasteiger partial charge in [-0.25, -0.2) is 0 Å². The Morgan fingerprint density at radius 1 is 1.05 bits per heavy atom. The Hall–Kier alpha value is -1.85. The summed E-state index contributed by atoms with van der Waals surface area (Å²) in [6.45, 7) is 1.43. The summed E-state index contributed by atoms with van der Waals surface area (Å²) in [5.74, 6) is -0.424. The molecule has 0 aliphatic rings. The molecule has 0 radical (unpaired) electrons. The standard InChI is InChI=1S/C15H12BrClN2O2/c1-9(20)18-11-3-2-4-12(8-11)19-15(21)10-5-6-14(17)13(16)7-10/h2-8H,1H3,(H,18,20)(H,19,21). The van der Waals surface area contributed by atoms with Gasteiger partial charge in [-0.05, 0) is 52.3 Å². The SMILES string of the molecule is CC(=O)Nc1cccc(NC(=O)c2ccc(Cl)c(Br)c2)c1. The summed E-state index contributed by atoms with van der Waals surface area (Å²) in [4.78, 5) is 23.2. The summed E-state index contributed by atoms with van der Waals surface area (Å²) in [5.41, 5.74) is 1.70. The summed E-state index contributed by atoms with van der Waals surface area (Å²) in [5, 5.41) is 5.96. The average Bonchev–Trinajstić information content (AvgIpc) is 2.41. The molecule has 0 aliphatic carbocycles. The van der Waals surface area contributed by atoms with Crippen molar-refractivity contribution >= 4 is 50.7 Å². The van der Waals surface area contributed by atoms with Crippen LogP contribution in [0.15, 0.2) is 46.9 Å². The van der Waals surface area contributed by atoms with Gasteiger partial charge in [-0.2, -0.15) is 0 Å². The molecule has 2 aromatic carbocycles. The van der Waals surface area contributed by atoms with Crippen molar-refractivity contribution in [3.8, 4) is 0 Å². The largest absolute Gasteiger partial charge is 0.326 e. The molecule has 0 fully saturated rings. The van der Waals surface area contributed by atoms with E-state index in [0.29, 0.717) is 26.4 Å². The van der Waals surface area contributed by atoms with Gasteiger partial charge in [0.05, 0.1) is 5.02 Å². The smallest absolute Gasteiger partial charge is 0.255 e. The summed E-state index contributed by atoms with van der Waals surface area (Å²) in [6, 6.07) is 11.9. The zero-order chi connectivity index (χ0) is 15.4. The van der Waals surface area contributed by atoms with Crippen molar-refractivity contribution in [2.45, 2.75) is 6.92 Å². The van der Waals surface area contributed by atoms with Gasteiger partial charge in [-0.15, -0.1) is 0 Å². The molecule has 2 rings (SSSR count). The van der Waals surface area contributed by atoms with E-state index in [-0.39, 0.29) is 11.8 Å². The molecule has 0 bridgehead atoms. The minimum Gasteiger partial charge on any atom is -0.326 e. The lowest BCUT2D eigenvalue weighted by atomic mass is 10.2. The molecule has 4 nitrogen and oxygen atoms in total. The van der Waals surface area contributed by atoms with Gasteiger partial charge in [0.1, 0.15) is 0 Å². The lowest BCUT2D eigenvalue weighted by Gasteiger charge is -2.08. The first kappa shape index (κ1) is 15.5. The van der Waals surface area contributed by atoms with E-state index >= 15 is 0 Å². The molecule has 6 heteroatoms. The fourth-order valence-electron chi connectivity index (χ4n) is 1.72. The zero-order valence-corrected chi connectivity index (χ0v) is 13.5. The normalized spacial score (nSPS) is 10.0. The number of hydrogen-bond donors (Lipinski definition) is 2. The predicted molar refractivity (Wildman–Crippen MR) is 87.9 cm³/mol. The van der Waals surface area contributed by atoms with Crippen LogP contribution in [0.25, 0.3) is 0 Å². The summed E-state index contributed by atoms with van der Waals surface area (Å²) in [7, 11) is 0. The van der Waals surface area contributed by atoms with Crippen LogP contribution < -0.4 is 10.6 Å². The Morgan fingerprint density at radius 3 is 2.33 bits per heavy atom. The molecule has 0 unspecified atom stereocenters. The van der Waals surface area contributed by atoms with Gasteiger partial charge in [0.15, 0.2) is 0 Å². The molecule has 0 saturated heterocycles. The molecule has 2 amide bonds. The summed E-state index contributed by atoms with van der Waals surface area (Å²) in [6.07, 6.45) is 0. The van der Waals surface area contributed by atoms with E-state index in [2.05, 4.69) is 26.6 Å². The molecular formula is C15H12BrClN2O2. The van der Waals surface area contributed by atoms with Crippen LogP contribution in [0.2, 0.25) is 5.02 Å². The Balaban J connectivity index is 2.15. The number of nitrogens with one attached hydrogen (secondary N) is 2. The Bertz CT molecular complexity index is 704. The molecule has 2 aromatic rings. The van der Waals surface area contributed by atoms with E-state index in [1.165, 1.54) is 6.92 Å². The van der Waals surface area contributed by atoms with Crippen LogP contribution in [0.3, 0.4) is 0 Å². The van der Waals surface area contributed by atoms with E-state index in [0.717, 1.165) is 0 Å².